The Morgan fingerprint density at radius 2 is 1.29 bits per heavy atom. The molecule has 49 heavy (non-hydrogen) atoms. The molecule has 3 fully saturated rings. The smallest absolute Gasteiger partial charge is 0.369 e. The molecule has 0 spiro atoms. The van der Waals surface area contributed by atoms with E-state index in [2.05, 4.69) is 46.5 Å². The van der Waals surface area contributed by atoms with Gasteiger partial charge in [-0.3, -0.25) is 29.8 Å². The summed E-state index contributed by atoms with van der Waals surface area (Å²) in [6.07, 6.45) is 0.224. The first-order chi connectivity index (χ1) is 23.6. The lowest BCUT2D eigenvalue weighted by Gasteiger charge is -2.23. The fourth-order valence-corrected chi connectivity index (χ4v) is 5.63. The number of carbonyl (C=O) groups is 2. The Bertz CT molecular complexity index is 1750. The normalized spacial score (nSPS) is 19.4. The molecule has 0 aromatic carbocycles. The second-order valence-corrected chi connectivity index (χ2v) is 12.1. The van der Waals surface area contributed by atoms with Crippen LogP contribution in [0.25, 0.3) is 0 Å². The van der Waals surface area contributed by atoms with Crippen molar-refractivity contribution in [2.75, 3.05) is 50.0 Å². The highest BCUT2D eigenvalue weighted by Crippen LogP contribution is 2.43. The largest absolute Gasteiger partial charge is 0.434 e. The molecule has 3 aliphatic rings. The first-order valence-corrected chi connectivity index (χ1v) is 16.1. The minimum absolute atomic E-state index is 0.0506. The summed E-state index contributed by atoms with van der Waals surface area (Å²) in [6, 6.07) is 6.90. The van der Waals surface area contributed by atoms with Gasteiger partial charge < -0.3 is 30.7 Å². The second-order valence-electron chi connectivity index (χ2n) is 11.3. The lowest BCUT2D eigenvalue weighted by molar-refractivity contribution is -0.141. The van der Waals surface area contributed by atoms with Crippen molar-refractivity contribution in [2.24, 2.45) is 0 Å². The number of aromatic amines is 2. The van der Waals surface area contributed by atoms with Crippen molar-refractivity contribution in [1.29, 1.82) is 0 Å². The van der Waals surface area contributed by atoms with Crippen LogP contribution in [0.5, 0.6) is 0 Å². The van der Waals surface area contributed by atoms with Crippen LogP contribution in [0, 0.1) is 0 Å². The van der Waals surface area contributed by atoms with Gasteiger partial charge in [0.15, 0.2) is 17.1 Å². The molecule has 4 aromatic rings. The predicted molar refractivity (Wildman–Crippen MR) is 172 cm³/mol. The van der Waals surface area contributed by atoms with Gasteiger partial charge in [-0.2, -0.15) is 23.4 Å². The van der Waals surface area contributed by atoms with Gasteiger partial charge in [0.05, 0.1) is 59.1 Å². The number of rotatable bonds is 7. The molecule has 7 rings (SSSR count). The zero-order valence-corrected chi connectivity index (χ0v) is 27.2. The van der Waals surface area contributed by atoms with Crippen molar-refractivity contribution >= 4 is 46.4 Å². The Hall–Kier alpha value is -4.13. The Balaban J connectivity index is 0.000000170. The first kappa shape index (κ1) is 34.7. The number of H-pyrrole nitrogens is 2. The lowest BCUT2D eigenvalue weighted by Crippen LogP contribution is -2.33. The number of aromatic nitrogens is 6. The lowest BCUT2D eigenvalue weighted by atomic mass is 10.2. The van der Waals surface area contributed by atoms with Gasteiger partial charge in [0, 0.05) is 32.1 Å². The van der Waals surface area contributed by atoms with Crippen molar-refractivity contribution in [1.82, 2.24) is 41.0 Å². The number of ether oxygens (including phenoxy) is 2. The Labute approximate surface area is 287 Å². The van der Waals surface area contributed by atoms with Crippen LogP contribution in [0.15, 0.2) is 36.7 Å². The van der Waals surface area contributed by atoms with E-state index >= 15 is 0 Å². The van der Waals surface area contributed by atoms with Gasteiger partial charge in [-0.05, 0) is 37.1 Å². The molecule has 19 heteroatoms. The van der Waals surface area contributed by atoms with E-state index in [1.807, 2.05) is 6.07 Å². The molecule has 0 bridgehead atoms. The Kier molecular flexibility index (Phi) is 10.8. The average Bonchev–Trinajstić information content (AvgIpc) is 3.75. The highest BCUT2D eigenvalue weighted by atomic mass is 35.5. The molecule has 1 saturated carbocycles. The fourth-order valence-electron chi connectivity index (χ4n) is 5.03. The summed E-state index contributed by atoms with van der Waals surface area (Å²) >= 11 is 11.8. The van der Waals surface area contributed by atoms with E-state index in [-0.39, 0.29) is 23.8 Å². The van der Waals surface area contributed by atoms with Crippen molar-refractivity contribution in [3.63, 3.8) is 0 Å². The molecule has 2 aliphatic heterocycles. The van der Waals surface area contributed by atoms with Crippen LogP contribution < -0.4 is 21.3 Å². The van der Waals surface area contributed by atoms with Crippen LogP contribution in [-0.2, 0) is 15.7 Å². The SMILES string of the molecule is O=C(Nc1ccc([C@@H]2CNCCO2)nc1)c1n[nH]c(C(F)(F)F)c1Cl.O=C(Nc1ccc([C@@H]2CNCCO2)nc1)c1n[nH]c(C2CC2)c1Cl. The monoisotopic (exact) mass is 722 g/mol. The summed E-state index contributed by atoms with van der Waals surface area (Å²) < 4.78 is 49.2. The predicted octanol–water partition coefficient (Wildman–Crippen LogP) is 4.64. The topological polar surface area (TPSA) is 184 Å². The average molecular weight is 724 g/mol. The maximum Gasteiger partial charge on any atom is 0.434 e. The van der Waals surface area contributed by atoms with E-state index < -0.39 is 28.5 Å². The van der Waals surface area contributed by atoms with E-state index in [1.165, 1.54) is 6.20 Å². The zero-order valence-electron chi connectivity index (χ0n) is 25.7. The minimum atomic E-state index is -4.72. The molecule has 0 unspecified atom stereocenters. The number of nitrogens with zero attached hydrogens (tertiary/aromatic N) is 4. The molecule has 1 aliphatic carbocycles. The third-order valence-corrected chi connectivity index (χ3v) is 8.49. The van der Waals surface area contributed by atoms with Crippen LogP contribution in [0.1, 0.15) is 74.7 Å². The van der Waals surface area contributed by atoms with Crippen LogP contribution in [0.3, 0.4) is 0 Å². The van der Waals surface area contributed by atoms with Gasteiger partial charge in [-0.25, -0.2) is 0 Å². The van der Waals surface area contributed by atoms with E-state index in [4.69, 9.17) is 32.7 Å². The Morgan fingerprint density at radius 3 is 1.69 bits per heavy atom. The molecule has 0 radical (unpaired) electrons. The van der Waals surface area contributed by atoms with Crippen LogP contribution in [-0.4, -0.2) is 81.6 Å². The number of hydrogen-bond donors (Lipinski definition) is 6. The highest BCUT2D eigenvalue weighted by Gasteiger charge is 2.38. The summed E-state index contributed by atoms with van der Waals surface area (Å²) in [5, 5.41) is 23.2. The summed E-state index contributed by atoms with van der Waals surface area (Å²) in [7, 11) is 0. The van der Waals surface area contributed by atoms with E-state index in [0.29, 0.717) is 47.8 Å². The quantitative estimate of drug-likeness (QED) is 0.157. The number of hydrogen-bond acceptors (Lipinski definition) is 10. The van der Waals surface area contributed by atoms with Crippen LogP contribution in [0.2, 0.25) is 10.0 Å². The zero-order chi connectivity index (χ0) is 34.5. The van der Waals surface area contributed by atoms with Crippen molar-refractivity contribution in [3.8, 4) is 0 Å². The summed E-state index contributed by atoms with van der Waals surface area (Å²) in [4.78, 5) is 33.0. The van der Waals surface area contributed by atoms with Crippen LogP contribution in [0.4, 0.5) is 24.5 Å². The van der Waals surface area contributed by atoms with Crippen molar-refractivity contribution in [2.45, 2.75) is 37.1 Å². The molecule has 4 aromatic heterocycles. The molecule has 260 valence electrons. The number of anilines is 2. The Morgan fingerprint density at radius 1 is 0.776 bits per heavy atom. The van der Waals surface area contributed by atoms with E-state index in [9.17, 15) is 22.8 Å². The number of pyridine rings is 2. The highest BCUT2D eigenvalue weighted by molar-refractivity contribution is 6.35. The number of amides is 2. The number of alkyl halides is 3. The molecule has 6 N–H and O–H groups in total. The van der Waals surface area contributed by atoms with Gasteiger partial charge in [-0.15, -0.1) is 0 Å². The molecular formula is C30H31Cl2F3N10O4. The van der Waals surface area contributed by atoms with Gasteiger partial charge in [0.1, 0.15) is 17.2 Å². The summed E-state index contributed by atoms with van der Waals surface area (Å²) in [5.74, 6) is -0.799. The number of carbonyl (C=O) groups excluding carboxylic acids is 2. The van der Waals surface area contributed by atoms with Gasteiger partial charge in [-0.1, -0.05) is 23.2 Å². The molecule has 2 saturated heterocycles. The van der Waals surface area contributed by atoms with Crippen LogP contribution >= 0.6 is 23.2 Å². The molecule has 2 amide bonds. The van der Waals surface area contributed by atoms with Crippen molar-refractivity contribution < 1.29 is 32.2 Å². The number of morpholine rings is 2. The van der Waals surface area contributed by atoms with Crippen molar-refractivity contribution in [3.05, 3.63) is 80.9 Å². The second kappa shape index (κ2) is 15.2. The van der Waals surface area contributed by atoms with Gasteiger partial charge in [0.25, 0.3) is 11.8 Å². The van der Waals surface area contributed by atoms with Gasteiger partial charge >= 0.3 is 6.18 Å². The molecular weight excluding hydrogens is 692 g/mol. The number of halogens is 5. The standard InChI is InChI=1S/C16H18ClN5O2.C14H13ClF3N5O2/c17-13-14(9-1-2-9)21-22-15(13)16(23)20-10-3-4-11(19-7-10)12-8-18-5-6-24-12;15-10-11(22-23-12(10)14(16,17)18)13(24)21-7-1-2-8(20-5-7)9-6-19-3-4-25-9/h3-4,7,9,12,18H,1-2,5-6,8H2,(H,20,23)(H,21,22);1-2,5,9,19H,3-4,6H2,(H,21,24)(H,22,23)/t12-;9-/m00/s1. The third-order valence-electron chi connectivity index (χ3n) is 7.74. The van der Waals surface area contributed by atoms with E-state index in [1.54, 1.807) is 29.5 Å². The molecule has 14 nitrogen and oxygen atoms in total. The molecule has 2 atom stereocenters. The summed E-state index contributed by atoms with van der Waals surface area (Å²) in [5.41, 5.74) is 1.69. The number of nitrogens with one attached hydrogen (secondary N) is 6. The summed E-state index contributed by atoms with van der Waals surface area (Å²) in [6.45, 7) is 4.25. The van der Waals surface area contributed by atoms with Gasteiger partial charge in [0.2, 0.25) is 0 Å². The minimum Gasteiger partial charge on any atom is -0.369 e. The maximum atomic E-state index is 12.7. The van der Waals surface area contributed by atoms with E-state index in [0.717, 1.165) is 43.9 Å². The first-order valence-electron chi connectivity index (χ1n) is 15.3. The fraction of sp³-hybridized carbons (Fsp3) is 0.400. The molecule has 6 heterocycles. The maximum absolute atomic E-state index is 12.7. The third kappa shape index (κ3) is 8.55.